The largest absolute Gasteiger partial charge is 0.493 e. The number of hydrogen-bond acceptors (Lipinski definition) is 5. The summed E-state index contributed by atoms with van der Waals surface area (Å²) < 4.78 is 16.5. The van der Waals surface area contributed by atoms with Crippen LogP contribution in [0.3, 0.4) is 0 Å². The van der Waals surface area contributed by atoms with E-state index in [4.69, 9.17) is 14.2 Å². The summed E-state index contributed by atoms with van der Waals surface area (Å²) in [7, 11) is 1.54. The first-order valence-electron chi connectivity index (χ1n) is 9.83. The Morgan fingerprint density at radius 2 is 1.87 bits per heavy atom. The molecule has 1 aliphatic heterocycles. The molecular weight excluding hydrogens is 384 g/mol. The van der Waals surface area contributed by atoms with Gasteiger partial charge in [0.15, 0.2) is 11.5 Å². The lowest BCUT2D eigenvalue weighted by molar-refractivity contribution is -0.139. The van der Waals surface area contributed by atoms with Crippen LogP contribution in [0.2, 0.25) is 0 Å². The van der Waals surface area contributed by atoms with Crippen LogP contribution in [0.5, 0.6) is 11.5 Å². The second-order valence-electron chi connectivity index (χ2n) is 6.78. The molecule has 2 aromatic carbocycles. The number of benzene rings is 2. The van der Waals surface area contributed by atoms with Gasteiger partial charge in [0.2, 0.25) is 0 Å². The molecule has 2 amide bonds. The van der Waals surface area contributed by atoms with Gasteiger partial charge in [-0.2, -0.15) is 0 Å². The average molecular weight is 410 g/mol. The van der Waals surface area contributed by atoms with Crippen LogP contribution in [0.25, 0.3) is 0 Å². The van der Waals surface area contributed by atoms with E-state index >= 15 is 0 Å². The van der Waals surface area contributed by atoms with Gasteiger partial charge in [0.25, 0.3) is 0 Å². The van der Waals surface area contributed by atoms with Crippen LogP contribution in [0.1, 0.15) is 31.0 Å². The number of esters is 1. The average Bonchev–Trinajstić information content (AvgIpc) is 2.74. The van der Waals surface area contributed by atoms with E-state index < -0.39 is 12.0 Å². The van der Waals surface area contributed by atoms with Crippen LogP contribution in [-0.2, 0) is 16.0 Å². The van der Waals surface area contributed by atoms with Gasteiger partial charge >= 0.3 is 12.0 Å². The summed E-state index contributed by atoms with van der Waals surface area (Å²) in [6, 6.07) is 14.1. The molecule has 7 heteroatoms. The summed E-state index contributed by atoms with van der Waals surface area (Å²) in [5.41, 5.74) is 2.59. The van der Waals surface area contributed by atoms with Crippen molar-refractivity contribution in [3.05, 3.63) is 70.9 Å². The van der Waals surface area contributed by atoms with E-state index in [1.165, 1.54) is 0 Å². The molecule has 0 radical (unpaired) electrons. The molecule has 1 heterocycles. The summed E-state index contributed by atoms with van der Waals surface area (Å²) in [6.07, 6.45) is 0.611. The fourth-order valence-corrected chi connectivity index (χ4v) is 3.34. The fourth-order valence-electron chi connectivity index (χ4n) is 3.34. The van der Waals surface area contributed by atoms with Crippen molar-refractivity contribution in [3.63, 3.8) is 0 Å². The molecule has 0 saturated carbocycles. The third-order valence-corrected chi connectivity index (χ3v) is 4.78. The van der Waals surface area contributed by atoms with Crippen molar-refractivity contribution in [3.8, 4) is 11.5 Å². The van der Waals surface area contributed by atoms with Gasteiger partial charge in [-0.3, -0.25) is 0 Å². The summed E-state index contributed by atoms with van der Waals surface area (Å²) in [5.74, 6) is 0.641. The van der Waals surface area contributed by atoms with E-state index in [1.807, 2.05) is 37.3 Å². The molecule has 1 atom stereocenters. The molecule has 0 saturated heterocycles. The monoisotopic (exact) mass is 410 g/mol. The Morgan fingerprint density at radius 1 is 1.10 bits per heavy atom. The van der Waals surface area contributed by atoms with Crippen molar-refractivity contribution in [1.82, 2.24) is 10.6 Å². The van der Waals surface area contributed by atoms with Gasteiger partial charge < -0.3 is 24.8 Å². The Hall–Kier alpha value is -3.48. The second-order valence-corrected chi connectivity index (χ2v) is 6.78. The number of rotatable bonds is 8. The van der Waals surface area contributed by atoms with Crippen LogP contribution in [0, 0.1) is 0 Å². The van der Waals surface area contributed by atoms with Gasteiger partial charge in [0, 0.05) is 12.1 Å². The van der Waals surface area contributed by atoms with Crippen LogP contribution < -0.4 is 20.1 Å². The molecule has 0 aromatic heterocycles. The molecule has 3 rings (SSSR count). The Balaban J connectivity index is 1.81. The maximum absolute atomic E-state index is 12.9. The number of methoxy groups -OCH3 is 1. The zero-order chi connectivity index (χ0) is 21.5. The molecule has 158 valence electrons. The molecule has 7 nitrogen and oxygen atoms in total. The minimum absolute atomic E-state index is 0.243. The lowest BCUT2D eigenvalue weighted by Gasteiger charge is -2.28. The number of carbonyl (C=O) groups excluding carboxylic acids is 2. The smallest absolute Gasteiger partial charge is 0.338 e. The Morgan fingerprint density at radius 3 is 2.57 bits per heavy atom. The van der Waals surface area contributed by atoms with Crippen LogP contribution in [0.15, 0.2) is 59.8 Å². The van der Waals surface area contributed by atoms with Crippen molar-refractivity contribution >= 4 is 12.0 Å². The van der Waals surface area contributed by atoms with E-state index in [9.17, 15) is 9.59 Å². The van der Waals surface area contributed by atoms with Crippen molar-refractivity contribution in [2.24, 2.45) is 0 Å². The Bertz CT molecular complexity index is 940. The highest BCUT2D eigenvalue weighted by Gasteiger charge is 2.32. The zero-order valence-electron chi connectivity index (χ0n) is 17.4. The standard InChI is InChI=1S/C23H26N2O5/c1-4-29-18-11-10-17(14-19(18)28-3)21-20(15(2)24-23(27)25-21)22(26)30-13-12-16-8-6-5-7-9-16/h5-11,14,21H,4,12-13H2,1-3H3,(H2,24,25,27)/t21-/m0/s1. The molecule has 0 unspecified atom stereocenters. The number of ether oxygens (including phenoxy) is 3. The number of amides is 2. The van der Waals surface area contributed by atoms with E-state index in [1.54, 1.807) is 32.2 Å². The predicted molar refractivity (Wildman–Crippen MR) is 112 cm³/mol. The van der Waals surface area contributed by atoms with Crippen LogP contribution in [-0.4, -0.2) is 32.3 Å². The molecule has 1 aliphatic rings. The van der Waals surface area contributed by atoms with E-state index in [2.05, 4.69) is 10.6 Å². The van der Waals surface area contributed by atoms with Crippen molar-refractivity contribution < 1.29 is 23.8 Å². The van der Waals surface area contributed by atoms with E-state index in [-0.39, 0.29) is 12.6 Å². The van der Waals surface area contributed by atoms with Crippen molar-refractivity contribution in [2.45, 2.75) is 26.3 Å². The first kappa shape index (κ1) is 21.2. The van der Waals surface area contributed by atoms with Gasteiger partial charge in [-0.05, 0) is 37.1 Å². The number of allylic oxidation sites excluding steroid dienone is 1. The summed E-state index contributed by atoms with van der Waals surface area (Å²) >= 11 is 0. The topological polar surface area (TPSA) is 85.9 Å². The van der Waals surface area contributed by atoms with Crippen molar-refractivity contribution in [1.29, 1.82) is 0 Å². The number of hydrogen-bond donors (Lipinski definition) is 2. The fraction of sp³-hybridized carbons (Fsp3) is 0.304. The van der Waals surface area contributed by atoms with Gasteiger partial charge in [0.05, 0.1) is 31.9 Å². The van der Waals surface area contributed by atoms with Crippen LogP contribution >= 0.6 is 0 Å². The first-order valence-corrected chi connectivity index (χ1v) is 9.83. The van der Waals surface area contributed by atoms with Gasteiger partial charge in [-0.15, -0.1) is 0 Å². The second kappa shape index (κ2) is 9.82. The number of nitrogens with one attached hydrogen (secondary N) is 2. The minimum Gasteiger partial charge on any atom is -0.493 e. The molecule has 30 heavy (non-hydrogen) atoms. The van der Waals surface area contributed by atoms with Gasteiger partial charge in [0.1, 0.15) is 0 Å². The first-order chi connectivity index (χ1) is 14.5. The number of urea groups is 1. The van der Waals surface area contributed by atoms with Crippen molar-refractivity contribution in [2.75, 3.05) is 20.3 Å². The highest BCUT2D eigenvalue weighted by Crippen LogP contribution is 2.34. The SMILES string of the molecule is CCOc1ccc([C@@H]2NC(=O)NC(C)=C2C(=O)OCCc2ccccc2)cc1OC. The molecule has 2 N–H and O–H groups in total. The predicted octanol–water partition coefficient (Wildman–Crippen LogP) is 3.51. The van der Waals surface area contributed by atoms with E-state index in [0.29, 0.717) is 41.4 Å². The molecule has 0 fully saturated rings. The Labute approximate surface area is 176 Å². The minimum atomic E-state index is -0.660. The highest BCUT2D eigenvalue weighted by atomic mass is 16.5. The lowest BCUT2D eigenvalue weighted by Crippen LogP contribution is -2.45. The summed E-state index contributed by atoms with van der Waals surface area (Å²) in [6.45, 7) is 4.31. The molecule has 0 bridgehead atoms. The zero-order valence-corrected chi connectivity index (χ0v) is 17.4. The van der Waals surface area contributed by atoms with Gasteiger partial charge in [-0.1, -0.05) is 36.4 Å². The maximum atomic E-state index is 12.9. The maximum Gasteiger partial charge on any atom is 0.338 e. The van der Waals surface area contributed by atoms with E-state index in [0.717, 1.165) is 5.56 Å². The lowest BCUT2D eigenvalue weighted by atomic mass is 9.95. The number of carbonyl (C=O) groups is 2. The highest BCUT2D eigenvalue weighted by molar-refractivity contribution is 5.95. The summed E-state index contributed by atoms with van der Waals surface area (Å²) in [4.78, 5) is 25.0. The third-order valence-electron chi connectivity index (χ3n) is 4.78. The molecule has 2 aromatic rings. The molecule has 0 spiro atoms. The normalized spacial score (nSPS) is 15.8. The summed E-state index contributed by atoms with van der Waals surface area (Å²) in [5, 5.41) is 5.45. The molecule has 0 aliphatic carbocycles. The van der Waals surface area contributed by atoms with Crippen LogP contribution in [0.4, 0.5) is 4.79 Å². The Kier molecular flexibility index (Phi) is 6.95. The quantitative estimate of drug-likeness (QED) is 0.651. The van der Waals surface area contributed by atoms with Gasteiger partial charge in [-0.25, -0.2) is 9.59 Å². The molecular formula is C23H26N2O5. The third kappa shape index (κ3) is 4.92.